The minimum atomic E-state index is 0.458. The molecule has 22 heavy (non-hydrogen) atoms. The molecular weight excluding hydrogens is 272 g/mol. The molecule has 1 aliphatic carbocycles. The van der Waals surface area contributed by atoms with Crippen molar-refractivity contribution in [2.75, 3.05) is 7.05 Å². The first kappa shape index (κ1) is 13.5. The van der Waals surface area contributed by atoms with E-state index in [4.69, 9.17) is 4.42 Å². The lowest BCUT2D eigenvalue weighted by Crippen LogP contribution is -2.27. The molecule has 0 aliphatic heterocycles. The van der Waals surface area contributed by atoms with Crippen LogP contribution < -0.4 is 0 Å². The summed E-state index contributed by atoms with van der Waals surface area (Å²) >= 11 is 0. The number of hydrogen-bond acceptors (Lipinski definition) is 3. The van der Waals surface area contributed by atoms with E-state index in [1.807, 2.05) is 24.3 Å². The van der Waals surface area contributed by atoms with Crippen LogP contribution in [-0.2, 0) is 13.0 Å². The van der Waals surface area contributed by atoms with Crippen LogP contribution in [0.4, 0.5) is 0 Å². The number of hydrogen-bond donors (Lipinski definition) is 0. The quantitative estimate of drug-likeness (QED) is 0.719. The van der Waals surface area contributed by atoms with E-state index >= 15 is 0 Å². The molecule has 0 N–H and O–H groups in total. The molecule has 0 unspecified atom stereocenters. The highest BCUT2D eigenvalue weighted by atomic mass is 16.3. The van der Waals surface area contributed by atoms with Crippen molar-refractivity contribution in [2.24, 2.45) is 0 Å². The van der Waals surface area contributed by atoms with Gasteiger partial charge in [0, 0.05) is 6.04 Å². The van der Waals surface area contributed by atoms with Crippen LogP contribution in [0.15, 0.2) is 52.9 Å². The summed E-state index contributed by atoms with van der Waals surface area (Å²) in [5, 5.41) is 0. The Hall–Kier alpha value is -2.13. The van der Waals surface area contributed by atoms with Gasteiger partial charge in [-0.3, -0.25) is 4.90 Å². The van der Waals surface area contributed by atoms with Gasteiger partial charge in [0.2, 0.25) is 5.89 Å². The van der Waals surface area contributed by atoms with Crippen molar-refractivity contribution in [2.45, 2.75) is 31.8 Å². The summed E-state index contributed by atoms with van der Waals surface area (Å²) in [5.74, 6) is 0.798. The Morgan fingerprint density at radius 2 is 1.95 bits per heavy atom. The van der Waals surface area contributed by atoms with Crippen molar-refractivity contribution in [3.8, 4) is 0 Å². The molecule has 3 aromatic rings. The molecule has 1 aromatic heterocycles. The molecule has 0 saturated heterocycles. The minimum absolute atomic E-state index is 0.458. The van der Waals surface area contributed by atoms with E-state index in [1.54, 1.807) is 0 Å². The normalized spacial score (nSPS) is 17.8. The topological polar surface area (TPSA) is 29.3 Å². The molecule has 2 aromatic carbocycles. The van der Waals surface area contributed by atoms with E-state index in [2.05, 4.69) is 41.2 Å². The Morgan fingerprint density at radius 3 is 2.86 bits per heavy atom. The van der Waals surface area contributed by atoms with E-state index in [0.717, 1.165) is 23.5 Å². The number of aromatic nitrogens is 1. The largest absolute Gasteiger partial charge is 0.439 e. The first-order valence-electron chi connectivity index (χ1n) is 7.94. The van der Waals surface area contributed by atoms with Crippen LogP contribution in [0.25, 0.3) is 11.1 Å². The molecule has 0 saturated carbocycles. The highest BCUT2D eigenvalue weighted by Crippen LogP contribution is 2.34. The van der Waals surface area contributed by atoms with Crippen molar-refractivity contribution in [3.05, 3.63) is 65.5 Å². The number of fused-ring (bicyclic) bond motifs is 2. The van der Waals surface area contributed by atoms with Gasteiger partial charge < -0.3 is 4.42 Å². The summed E-state index contributed by atoms with van der Waals surface area (Å²) < 4.78 is 5.86. The number of aryl methyl sites for hydroxylation is 1. The lowest BCUT2D eigenvalue weighted by atomic mass is 9.87. The lowest BCUT2D eigenvalue weighted by molar-refractivity contribution is 0.196. The maximum Gasteiger partial charge on any atom is 0.209 e. The summed E-state index contributed by atoms with van der Waals surface area (Å²) in [6, 6.07) is 17.2. The summed E-state index contributed by atoms with van der Waals surface area (Å²) in [5.41, 5.74) is 4.76. The highest BCUT2D eigenvalue weighted by Gasteiger charge is 2.24. The second kappa shape index (κ2) is 5.58. The average Bonchev–Trinajstić information content (AvgIpc) is 2.96. The molecule has 0 amide bonds. The standard InChI is InChI=1S/C19H20N2O/c1-21(13-19-20-16-10-4-5-12-18(16)22-19)17-11-6-8-14-7-2-3-9-15(14)17/h2-5,7,9-10,12,17H,6,8,11,13H2,1H3/t17-/m1/s1. The van der Waals surface area contributed by atoms with E-state index in [0.29, 0.717) is 6.04 Å². The number of oxazole rings is 1. The second-order valence-electron chi connectivity index (χ2n) is 6.10. The van der Waals surface area contributed by atoms with Crippen LogP contribution in [0.1, 0.15) is 35.9 Å². The number of rotatable bonds is 3. The number of para-hydroxylation sites is 2. The molecule has 0 radical (unpaired) electrons. The van der Waals surface area contributed by atoms with E-state index in [9.17, 15) is 0 Å². The molecule has 1 heterocycles. The summed E-state index contributed by atoms with van der Waals surface area (Å²) in [6.45, 7) is 0.744. The Bertz CT molecular complexity index is 760. The van der Waals surface area contributed by atoms with Crippen LogP contribution in [0, 0.1) is 0 Å². The maximum atomic E-state index is 5.86. The molecule has 1 aliphatic rings. The SMILES string of the molecule is CN(Cc1nc2ccccc2o1)[C@@H]1CCCc2ccccc21. The van der Waals surface area contributed by atoms with Gasteiger partial charge >= 0.3 is 0 Å². The smallest absolute Gasteiger partial charge is 0.209 e. The van der Waals surface area contributed by atoms with Gasteiger partial charge in [0.15, 0.2) is 5.58 Å². The zero-order chi connectivity index (χ0) is 14.9. The predicted octanol–water partition coefficient (Wildman–Crippen LogP) is 4.34. The monoisotopic (exact) mass is 292 g/mol. The summed E-state index contributed by atoms with van der Waals surface area (Å²) in [7, 11) is 2.17. The molecular formula is C19H20N2O. The van der Waals surface area contributed by atoms with Crippen molar-refractivity contribution in [1.29, 1.82) is 0 Å². The zero-order valence-corrected chi connectivity index (χ0v) is 12.8. The third kappa shape index (κ3) is 2.42. The number of benzene rings is 2. The Labute approximate surface area is 130 Å². The van der Waals surface area contributed by atoms with Crippen LogP contribution in [0.5, 0.6) is 0 Å². The van der Waals surface area contributed by atoms with Gasteiger partial charge in [-0.25, -0.2) is 4.98 Å². The average molecular weight is 292 g/mol. The summed E-state index contributed by atoms with van der Waals surface area (Å²) in [6.07, 6.45) is 3.65. The van der Waals surface area contributed by atoms with Gasteiger partial charge in [-0.1, -0.05) is 36.4 Å². The van der Waals surface area contributed by atoms with Crippen LogP contribution in [0.2, 0.25) is 0 Å². The Kier molecular flexibility index (Phi) is 3.43. The van der Waals surface area contributed by atoms with Gasteiger partial charge in [-0.05, 0) is 49.6 Å². The third-order valence-electron chi connectivity index (χ3n) is 4.59. The van der Waals surface area contributed by atoms with E-state index in [1.165, 1.54) is 30.4 Å². The number of nitrogens with zero attached hydrogens (tertiary/aromatic N) is 2. The first-order valence-corrected chi connectivity index (χ1v) is 7.94. The fourth-order valence-electron chi connectivity index (χ4n) is 3.50. The maximum absolute atomic E-state index is 5.86. The molecule has 3 nitrogen and oxygen atoms in total. The van der Waals surface area contributed by atoms with Gasteiger partial charge in [0.25, 0.3) is 0 Å². The van der Waals surface area contributed by atoms with E-state index in [-0.39, 0.29) is 0 Å². The molecule has 0 fully saturated rings. The van der Waals surface area contributed by atoms with Crippen molar-refractivity contribution < 1.29 is 4.42 Å². The van der Waals surface area contributed by atoms with Crippen molar-refractivity contribution >= 4 is 11.1 Å². The Balaban J connectivity index is 1.58. The van der Waals surface area contributed by atoms with Crippen LogP contribution in [0.3, 0.4) is 0 Å². The minimum Gasteiger partial charge on any atom is -0.439 e. The third-order valence-corrected chi connectivity index (χ3v) is 4.59. The second-order valence-corrected chi connectivity index (χ2v) is 6.10. The van der Waals surface area contributed by atoms with E-state index < -0.39 is 0 Å². The van der Waals surface area contributed by atoms with Gasteiger partial charge in [-0.15, -0.1) is 0 Å². The summed E-state index contributed by atoms with van der Waals surface area (Å²) in [4.78, 5) is 6.96. The predicted molar refractivity (Wildman–Crippen MR) is 87.6 cm³/mol. The molecule has 0 spiro atoms. The molecule has 112 valence electrons. The molecule has 0 bridgehead atoms. The first-order chi connectivity index (χ1) is 10.8. The highest BCUT2D eigenvalue weighted by molar-refractivity contribution is 5.72. The van der Waals surface area contributed by atoms with Gasteiger partial charge in [-0.2, -0.15) is 0 Å². The zero-order valence-electron chi connectivity index (χ0n) is 12.8. The van der Waals surface area contributed by atoms with Crippen LogP contribution in [-0.4, -0.2) is 16.9 Å². The lowest BCUT2D eigenvalue weighted by Gasteiger charge is -2.32. The van der Waals surface area contributed by atoms with Gasteiger partial charge in [0.1, 0.15) is 5.52 Å². The van der Waals surface area contributed by atoms with Crippen molar-refractivity contribution in [1.82, 2.24) is 9.88 Å². The van der Waals surface area contributed by atoms with Crippen molar-refractivity contribution in [3.63, 3.8) is 0 Å². The van der Waals surface area contributed by atoms with Crippen LogP contribution >= 0.6 is 0 Å². The fourth-order valence-corrected chi connectivity index (χ4v) is 3.50. The Morgan fingerprint density at radius 1 is 1.14 bits per heavy atom. The molecule has 4 rings (SSSR count). The van der Waals surface area contributed by atoms with Gasteiger partial charge in [0.05, 0.1) is 6.54 Å². The molecule has 1 atom stereocenters. The fraction of sp³-hybridized carbons (Fsp3) is 0.316. The molecule has 3 heteroatoms.